The van der Waals surface area contributed by atoms with Crippen LogP contribution in [0.15, 0.2) is 48.9 Å². The van der Waals surface area contributed by atoms with Gasteiger partial charge in [0, 0.05) is 23.6 Å². The molecule has 30 heavy (non-hydrogen) atoms. The van der Waals surface area contributed by atoms with E-state index in [9.17, 15) is 5.11 Å². The molecule has 154 valence electrons. The molecule has 0 saturated carbocycles. The highest BCUT2D eigenvalue weighted by molar-refractivity contribution is 5.86. The zero-order valence-corrected chi connectivity index (χ0v) is 16.3. The van der Waals surface area contributed by atoms with Gasteiger partial charge in [0.2, 0.25) is 0 Å². The molecule has 3 aromatic heterocycles. The number of fused-ring (bicyclic) bond motifs is 2. The summed E-state index contributed by atoms with van der Waals surface area (Å²) in [4.78, 5) is 12.6. The predicted octanol–water partition coefficient (Wildman–Crippen LogP) is 2.12. The molecule has 0 radical (unpaired) electrons. The summed E-state index contributed by atoms with van der Waals surface area (Å²) in [5.74, 6) is 1.38. The van der Waals surface area contributed by atoms with Crippen LogP contribution in [0.5, 0.6) is 5.75 Å². The van der Waals surface area contributed by atoms with Crippen molar-refractivity contribution in [3.8, 4) is 5.75 Å². The van der Waals surface area contributed by atoms with Gasteiger partial charge in [0.25, 0.3) is 0 Å². The third-order valence-corrected chi connectivity index (χ3v) is 5.65. The molecule has 1 aromatic carbocycles. The monoisotopic (exact) mass is 406 g/mol. The second-order valence-electron chi connectivity index (χ2n) is 7.54. The Morgan fingerprint density at radius 2 is 2.00 bits per heavy atom. The highest BCUT2D eigenvalue weighted by Crippen LogP contribution is 2.36. The first-order valence-corrected chi connectivity index (χ1v) is 9.71. The number of pyridine rings is 1. The summed E-state index contributed by atoms with van der Waals surface area (Å²) in [5, 5.41) is 12.5. The number of anilines is 2. The quantitative estimate of drug-likeness (QED) is 0.469. The topological polar surface area (TPSA) is 134 Å². The van der Waals surface area contributed by atoms with Crippen molar-refractivity contribution >= 4 is 33.6 Å². The van der Waals surface area contributed by atoms with Gasteiger partial charge in [-0.3, -0.25) is 0 Å². The van der Waals surface area contributed by atoms with E-state index >= 15 is 0 Å². The predicted molar refractivity (Wildman–Crippen MR) is 113 cm³/mol. The average Bonchev–Trinajstić information content (AvgIpc) is 3.29. The molecule has 4 aromatic rings. The van der Waals surface area contributed by atoms with Crippen molar-refractivity contribution in [2.24, 2.45) is 5.92 Å². The van der Waals surface area contributed by atoms with Crippen LogP contribution in [0, 0.1) is 5.92 Å². The van der Waals surface area contributed by atoms with Crippen LogP contribution < -0.4 is 16.2 Å². The number of ether oxygens (including phenoxy) is 2. The second-order valence-corrected chi connectivity index (χ2v) is 7.54. The summed E-state index contributed by atoms with van der Waals surface area (Å²) in [7, 11) is 0. The largest absolute Gasteiger partial charge is 0.491 e. The molecule has 1 fully saturated rings. The van der Waals surface area contributed by atoms with Gasteiger partial charge in [-0.05, 0) is 30.3 Å². The van der Waals surface area contributed by atoms with Crippen LogP contribution in [0.25, 0.3) is 21.9 Å². The van der Waals surface area contributed by atoms with Gasteiger partial charge in [-0.25, -0.2) is 15.0 Å². The normalized spacial score (nSPS) is 23.9. The first-order chi connectivity index (χ1) is 14.5. The van der Waals surface area contributed by atoms with Crippen molar-refractivity contribution in [2.45, 2.75) is 25.4 Å². The number of aliphatic hydroxyl groups is 1. The molecule has 4 atom stereocenters. The van der Waals surface area contributed by atoms with Crippen LogP contribution in [0.4, 0.5) is 11.6 Å². The Morgan fingerprint density at radius 3 is 2.87 bits per heavy atom. The van der Waals surface area contributed by atoms with E-state index in [1.165, 1.54) is 6.33 Å². The number of rotatable bonds is 4. The number of nitrogens with two attached hydrogens (primary N) is 2. The fourth-order valence-corrected chi connectivity index (χ4v) is 3.86. The van der Waals surface area contributed by atoms with Gasteiger partial charge in [0.1, 0.15) is 42.1 Å². The molecule has 4 heterocycles. The minimum Gasteiger partial charge on any atom is -0.491 e. The maximum atomic E-state index is 10.8. The number of nitrogens with zero attached hydrogens (tertiary/aromatic N) is 4. The lowest BCUT2D eigenvalue weighted by atomic mass is 10.0. The maximum absolute atomic E-state index is 10.8. The van der Waals surface area contributed by atoms with E-state index in [1.54, 1.807) is 16.8 Å². The molecule has 0 unspecified atom stereocenters. The van der Waals surface area contributed by atoms with Crippen molar-refractivity contribution in [1.29, 1.82) is 0 Å². The zero-order valence-electron chi connectivity index (χ0n) is 16.3. The summed E-state index contributed by atoms with van der Waals surface area (Å²) < 4.78 is 13.9. The molecule has 0 aliphatic carbocycles. The first-order valence-electron chi connectivity index (χ1n) is 9.71. The lowest BCUT2D eigenvalue weighted by Gasteiger charge is -2.18. The third-order valence-electron chi connectivity index (χ3n) is 5.65. The van der Waals surface area contributed by atoms with Crippen LogP contribution in [-0.2, 0) is 4.74 Å². The van der Waals surface area contributed by atoms with E-state index in [1.807, 2.05) is 37.3 Å². The van der Waals surface area contributed by atoms with E-state index in [0.717, 1.165) is 16.3 Å². The maximum Gasteiger partial charge on any atom is 0.162 e. The summed E-state index contributed by atoms with van der Waals surface area (Å²) in [5.41, 5.74) is 13.1. The second kappa shape index (κ2) is 7.12. The Balaban J connectivity index is 1.34. The summed E-state index contributed by atoms with van der Waals surface area (Å²) in [6.45, 7) is 2.23. The Hall–Kier alpha value is -3.43. The highest BCUT2D eigenvalue weighted by Gasteiger charge is 2.42. The number of benzene rings is 1. The van der Waals surface area contributed by atoms with Gasteiger partial charge in [-0.15, -0.1) is 0 Å². The Morgan fingerprint density at radius 1 is 1.17 bits per heavy atom. The van der Waals surface area contributed by atoms with Crippen molar-refractivity contribution in [3.63, 3.8) is 0 Å². The minimum absolute atomic E-state index is 0.138. The van der Waals surface area contributed by atoms with E-state index in [4.69, 9.17) is 20.9 Å². The van der Waals surface area contributed by atoms with Gasteiger partial charge >= 0.3 is 0 Å². The van der Waals surface area contributed by atoms with Crippen LogP contribution >= 0.6 is 0 Å². The molecule has 5 rings (SSSR count). The van der Waals surface area contributed by atoms with Crippen molar-refractivity contribution in [3.05, 3.63) is 48.9 Å². The fraction of sp³-hybridized carbons (Fsp3) is 0.286. The van der Waals surface area contributed by atoms with Crippen LogP contribution in [0.1, 0.15) is 13.2 Å². The van der Waals surface area contributed by atoms with Crippen LogP contribution in [0.3, 0.4) is 0 Å². The Kier molecular flexibility index (Phi) is 4.41. The van der Waals surface area contributed by atoms with E-state index in [0.29, 0.717) is 29.6 Å². The van der Waals surface area contributed by atoms with Crippen molar-refractivity contribution < 1.29 is 14.6 Å². The minimum atomic E-state index is -0.719. The summed E-state index contributed by atoms with van der Waals surface area (Å²) in [6.07, 6.45) is 1.60. The Labute approximate surface area is 172 Å². The number of hydrogen-bond donors (Lipinski definition) is 3. The first kappa shape index (κ1) is 18.6. The molecule has 1 saturated heterocycles. The van der Waals surface area contributed by atoms with Crippen LogP contribution in [0.2, 0.25) is 0 Å². The SMILES string of the molecule is C[C@@H]1[C@@H](O)[C@H](n2ccc3c(N)ncnc32)O[C@@H]1COc1ccc2ccc(N)nc2c1. The number of aromatic nitrogens is 4. The molecule has 9 heteroatoms. The van der Waals surface area contributed by atoms with Gasteiger partial charge in [0.15, 0.2) is 6.23 Å². The highest BCUT2D eigenvalue weighted by atomic mass is 16.6. The smallest absolute Gasteiger partial charge is 0.162 e. The Bertz CT molecular complexity index is 1230. The third kappa shape index (κ3) is 3.08. The molecular formula is C21H22N6O3. The van der Waals surface area contributed by atoms with Crippen molar-refractivity contribution in [1.82, 2.24) is 19.5 Å². The van der Waals surface area contributed by atoms with Gasteiger partial charge in [-0.1, -0.05) is 6.92 Å². The molecule has 1 aliphatic rings. The molecule has 1 aliphatic heterocycles. The van der Waals surface area contributed by atoms with E-state index in [-0.39, 0.29) is 12.0 Å². The molecule has 9 nitrogen and oxygen atoms in total. The van der Waals surface area contributed by atoms with Gasteiger partial charge < -0.3 is 30.6 Å². The molecule has 0 spiro atoms. The van der Waals surface area contributed by atoms with Crippen molar-refractivity contribution in [2.75, 3.05) is 18.1 Å². The van der Waals surface area contributed by atoms with E-state index in [2.05, 4.69) is 15.0 Å². The summed E-state index contributed by atoms with van der Waals surface area (Å²) >= 11 is 0. The van der Waals surface area contributed by atoms with Gasteiger partial charge in [0.05, 0.1) is 17.0 Å². The summed E-state index contributed by atoms with van der Waals surface area (Å²) in [6, 6.07) is 11.2. The molecular weight excluding hydrogens is 384 g/mol. The van der Waals surface area contributed by atoms with E-state index < -0.39 is 12.3 Å². The van der Waals surface area contributed by atoms with Crippen LogP contribution in [-0.4, -0.2) is 43.4 Å². The number of aliphatic hydroxyl groups excluding tert-OH is 1. The molecule has 0 bridgehead atoms. The number of nitrogen functional groups attached to an aromatic ring is 2. The molecule has 0 amide bonds. The lowest BCUT2D eigenvalue weighted by molar-refractivity contribution is -0.0458. The standard InChI is InChI=1S/C21H22N6O3/c1-11-16(9-29-13-4-2-12-3-5-17(22)26-15(12)8-13)30-21(18(11)28)27-7-6-14-19(23)24-10-25-20(14)27/h2-8,10-11,16,18,21,28H,9H2,1H3,(H2,22,26)(H2,23,24,25)/t11-,16+,18+,21+/m0/s1. The number of hydrogen-bond acceptors (Lipinski definition) is 8. The molecule has 5 N–H and O–H groups in total. The van der Waals surface area contributed by atoms with Gasteiger partial charge in [-0.2, -0.15) is 0 Å². The fourth-order valence-electron chi connectivity index (χ4n) is 3.86. The zero-order chi connectivity index (χ0) is 20.8. The average molecular weight is 406 g/mol. The lowest BCUT2D eigenvalue weighted by Crippen LogP contribution is -2.27.